The SMILES string of the molecule is CC(=Cc1ccccc1)C=C1SC(=S)N(CC(=O)Nc2ccccc2C)C1=O. The number of carbonyl (C=O) groups excluding carboxylic acids is 2. The fraction of sp³-hybridized carbons (Fsp3) is 0.136. The zero-order valence-corrected chi connectivity index (χ0v) is 17.3. The van der Waals surface area contributed by atoms with Gasteiger partial charge in [0.15, 0.2) is 0 Å². The minimum Gasteiger partial charge on any atom is -0.324 e. The molecule has 0 spiro atoms. The predicted molar refractivity (Wildman–Crippen MR) is 120 cm³/mol. The summed E-state index contributed by atoms with van der Waals surface area (Å²) in [5.74, 6) is -0.515. The number of rotatable bonds is 5. The first-order valence-electron chi connectivity index (χ1n) is 8.78. The molecule has 1 aliphatic rings. The minimum absolute atomic E-state index is 0.0994. The summed E-state index contributed by atoms with van der Waals surface area (Å²) >= 11 is 6.53. The van der Waals surface area contributed by atoms with Crippen molar-refractivity contribution in [1.82, 2.24) is 4.90 Å². The molecule has 0 unspecified atom stereocenters. The number of benzene rings is 2. The van der Waals surface area contributed by atoms with Crippen LogP contribution in [0, 0.1) is 6.92 Å². The molecule has 2 aromatic carbocycles. The number of nitrogens with zero attached hydrogens (tertiary/aromatic N) is 1. The zero-order chi connectivity index (χ0) is 20.1. The highest BCUT2D eigenvalue weighted by Gasteiger charge is 2.33. The molecule has 0 radical (unpaired) electrons. The molecule has 1 saturated heterocycles. The maximum Gasteiger partial charge on any atom is 0.266 e. The average Bonchev–Trinajstić information content (AvgIpc) is 2.91. The summed E-state index contributed by atoms with van der Waals surface area (Å²) in [6, 6.07) is 17.4. The van der Waals surface area contributed by atoms with Crippen LogP contribution in [-0.2, 0) is 9.59 Å². The number of amides is 2. The van der Waals surface area contributed by atoms with Crippen LogP contribution < -0.4 is 5.32 Å². The van der Waals surface area contributed by atoms with Gasteiger partial charge < -0.3 is 5.32 Å². The van der Waals surface area contributed by atoms with Gasteiger partial charge in [0, 0.05) is 5.69 Å². The molecule has 0 bridgehead atoms. The van der Waals surface area contributed by atoms with Gasteiger partial charge in [-0.1, -0.05) is 78.6 Å². The van der Waals surface area contributed by atoms with Crippen LogP contribution in [0.5, 0.6) is 0 Å². The molecule has 1 heterocycles. The molecule has 1 aliphatic heterocycles. The molecule has 3 rings (SSSR count). The van der Waals surface area contributed by atoms with Crippen LogP contribution >= 0.6 is 24.0 Å². The van der Waals surface area contributed by atoms with Crippen LogP contribution in [0.4, 0.5) is 5.69 Å². The first-order chi connectivity index (χ1) is 13.4. The molecule has 0 saturated carbocycles. The number of thiocarbonyl (C=S) groups is 1. The van der Waals surface area contributed by atoms with Crippen LogP contribution in [0.3, 0.4) is 0 Å². The molecular formula is C22H20N2O2S2. The summed E-state index contributed by atoms with van der Waals surface area (Å²) in [6.07, 6.45) is 3.81. The van der Waals surface area contributed by atoms with Crippen LogP contribution in [0.25, 0.3) is 6.08 Å². The van der Waals surface area contributed by atoms with Crippen molar-refractivity contribution >= 4 is 51.9 Å². The minimum atomic E-state index is -0.275. The molecule has 2 amide bonds. The van der Waals surface area contributed by atoms with E-state index in [1.807, 2.05) is 80.6 Å². The number of anilines is 1. The van der Waals surface area contributed by atoms with Crippen molar-refractivity contribution in [2.24, 2.45) is 0 Å². The topological polar surface area (TPSA) is 49.4 Å². The first kappa shape index (κ1) is 20.0. The number of hydrogen-bond acceptors (Lipinski definition) is 4. The third kappa shape index (κ3) is 4.97. The molecule has 1 N–H and O–H groups in total. The van der Waals surface area contributed by atoms with Crippen LogP contribution in [0.2, 0.25) is 0 Å². The summed E-state index contributed by atoms with van der Waals surface area (Å²) < 4.78 is 0.392. The third-order valence-electron chi connectivity index (χ3n) is 4.15. The Labute approximate surface area is 174 Å². The van der Waals surface area contributed by atoms with Gasteiger partial charge in [0.1, 0.15) is 10.9 Å². The molecule has 0 aliphatic carbocycles. The highest BCUT2D eigenvalue weighted by atomic mass is 32.2. The Morgan fingerprint density at radius 1 is 1.14 bits per heavy atom. The first-order valence-corrected chi connectivity index (χ1v) is 10.0. The van der Waals surface area contributed by atoms with Gasteiger partial charge in [0.2, 0.25) is 5.91 Å². The largest absolute Gasteiger partial charge is 0.324 e. The number of allylic oxidation sites excluding steroid dienone is 2. The highest BCUT2D eigenvalue weighted by molar-refractivity contribution is 8.26. The van der Waals surface area contributed by atoms with Crippen molar-refractivity contribution in [3.05, 3.63) is 82.3 Å². The number of thioether (sulfide) groups is 1. The Morgan fingerprint density at radius 2 is 1.82 bits per heavy atom. The van der Waals surface area contributed by atoms with Gasteiger partial charge in [-0.05, 0) is 42.7 Å². The van der Waals surface area contributed by atoms with Crippen molar-refractivity contribution in [2.75, 3.05) is 11.9 Å². The van der Waals surface area contributed by atoms with Crippen LogP contribution in [0.1, 0.15) is 18.1 Å². The zero-order valence-electron chi connectivity index (χ0n) is 15.6. The van der Waals surface area contributed by atoms with Gasteiger partial charge in [-0.3, -0.25) is 14.5 Å². The summed E-state index contributed by atoms with van der Waals surface area (Å²) in [6.45, 7) is 3.75. The molecule has 2 aromatic rings. The monoisotopic (exact) mass is 408 g/mol. The molecular weight excluding hydrogens is 388 g/mol. The summed E-state index contributed by atoms with van der Waals surface area (Å²) in [4.78, 5) is 26.9. The second kappa shape index (κ2) is 8.99. The Bertz CT molecular complexity index is 981. The second-order valence-corrected chi connectivity index (χ2v) is 8.11. The molecule has 6 heteroatoms. The standard InChI is InChI=1S/C22H20N2O2S2/c1-15(12-17-9-4-3-5-10-17)13-19-21(26)24(22(27)28-19)14-20(25)23-18-11-7-6-8-16(18)2/h3-13H,14H2,1-2H3,(H,23,25). The number of hydrogen-bond donors (Lipinski definition) is 1. The van der Waals surface area contributed by atoms with Crippen LogP contribution in [-0.4, -0.2) is 27.6 Å². The van der Waals surface area contributed by atoms with E-state index in [4.69, 9.17) is 12.2 Å². The Hall–Kier alpha value is -2.70. The fourth-order valence-electron chi connectivity index (χ4n) is 2.74. The van der Waals surface area contributed by atoms with Crippen molar-refractivity contribution in [3.8, 4) is 0 Å². The lowest BCUT2D eigenvalue weighted by Crippen LogP contribution is -2.36. The van der Waals surface area contributed by atoms with Crippen molar-refractivity contribution in [3.63, 3.8) is 0 Å². The fourth-order valence-corrected chi connectivity index (χ4v) is 4.05. The van der Waals surface area contributed by atoms with Crippen molar-refractivity contribution in [2.45, 2.75) is 13.8 Å². The van der Waals surface area contributed by atoms with Crippen molar-refractivity contribution < 1.29 is 9.59 Å². The van der Waals surface area contributed by atoms with Gasteiger partial charge in [-0.2, -0.15) is 0 Å². The van der Waals surface area contributed by atoms with Gasteiger partial charge >= 0.3 is 0 Å². The highest BCUT2D eigenvalue weighted by Crippen LogP contribution is 2.32. The molecule has 0 atom stereocenters. The van der Waals surface area contributed by atoms with E-state index in [1.165, 1.54) is 16.7 Å². The van der Waals surface area contributed by atoms with E-state index in [9.17, 15) is 9.59 Å². The smallest absolute Gasteiger partial charge is 0.266 e. The second-order valence-electron chi connectivity index (χ2n) is 6.43. The van der Waals surface area contributed by atoms with E-state index in [0.29, 0.717) is 9.23 Å². The van der Waals surface area contributed by atoms with Gasteiger partial charge in [-0.15, -0.1) is 0 Å². The van der Waals surface area contributed by atoms with E-state index in [-0.39, 0.29) is 18.4 Å². The van der Waals surface area contributed by atoms with Crippen molar-refractivity contribution in [1.29, 1.82) is 0 Å². The van der Waals surface area contributed by atoms with Crippen LogP contribution in [0.15, 0.2) is 71.2 Å². The number of nitrogens with one attached hydrogen (secondary N) is 1. The Balaban J connectivity index is 1.68. The molecule has 142 valence electrons. The van der Waals surface area contributed by atoms with E-state index >= 15 is 0 Å². The average molecular weight is 409 g/mol. The van der Waals surface area contributed by atoms with E-state index in [2.05, 4.69) is 5.32 Å². The van der Waals surface area contributed by atoms with Gasteiger partial charge in [0.25, 0.3) is 5.91 Å². The van der Waals surface area contributed by atoms with E-state index in [0.717, 1.165) is 22.4 Å². The van der Waals surface area contributed by atoms with E-state index < -0.39 is 0 Å². The predicted octanol–water partition coefficient (Wildman–Crippen LogP) is 4.78. The molecule has 1 fully saturated rings. The summed E-state index contributed by atoms with van der Waals surface area (Å²) in [7, 11) is 0. The van der Waals surface area contributed by atoms with E-state index in [1.54, 1.807) is 0 Å². The normalized spacial score (nSPS) is 16.0. The molecule has 4 nitrogen and oxygen atoms in total. The lowest BCUT2D eigenvalue weighted by Gasteiger charge is -2.15. The number of carbonyl (C=O) groups is 2. The maximum absolute atomic E-state index is 12.7. The summed E-state index contributed by atoms with van der Waals surface area (Å²) in [5.41, 5.74) is 3.69. The molecule has 28 heavy (non-hydrogen) atoms. The van der Waals surface area contributed by atoms with Gasteiger partial charge in [-0.25, -0.2) is 0 Å². The lowest BCUT2D eigenvalue weighted by atomic mass is 10.1. The Kier molecular flexibility index (Phi) is 6.44. The quantitative estimate of drug-likeness (QED) is 0.571. The molecule has 0 aromatic heterocycles. The number of para-hydroxylation sites is 1. The third-order valence-corrected chi connectivity index (χ3v) is 5.52. The number of aryl methyl sites for hydroxylation is 1. The maximum atomic E-state index is 12.7. The summed E-state index contributed by atoms with van der Waals surface area (Å²) in [5, 5.41) is 2.83. The van der Waals surface area contributed by atoms with Gasteiger partial charge in [0.05, 0.1) is 4.91 Å². The Morgan fingerprint density at radius 3 is 2.54 bits per heavy atom. The lowest BCUT2D eigenvalue weighted by molar-refractivity contribution is -0.126.